The summed E-state index contributed by atoms with van der Waals surface area (Å²) in [5.41, 5.74) is 1.82. The molecule has 2 aromatic rings. The molecule has 0 fully saturated rings. The first kappa shape index (κ1) is 20.8. The summed E-state index contributed by atoms with van der Waals surface area (Å²) in [5.74, 6) is -2.36. The fourth-order valence-electron chi connectivity index (χ4n) is 2.43. The summed E-state index contributed by atoms with van der Waals surface area (Å²) in [6, 6.07) is 4.78. The maximum absolute atomic E-state index is 15.1. The average Bonchev–Trinajstić information content (AvgIpc) is 2.67. The molecule has 0 spiro atoms. The minimum atomic E-state index is -3.61. The molecule has 0 amide bonds. The van der Waals surface area contributed by atoms with Gasteiger partial charge in [-0.05, 0) is 23.8 Å². The Balaban J connectivity index is 2.36. The predicted molar refractivity (Wildman–Crippen MR) is 98.8 cm³/mol. The lowest BCUT2D eigenvalue weighted by atomic mass is 9.89. The third-order valence-electron chi connectivity index (χ3n) is 3.71. The number of benzene rings is 1. The van der Waals surface area contributed by atoms with Crippen molar-refractivity contribution in [3.05, 3.63) is 59.4 Å². The summed E-state index contributed by atoms with van der Waals surface area (Å²) >= 11 is 0. The number of nitrogens with zero attached hydrogens (tertiary/aromatic N) is 3. The normalized spacial score (nSPS) is 13.0. The molecule has 5 N–H and O–H groups in total. The molecule has 0 radical (unpaired) electrons. The number of hydrogen-bond donors (Lipinski definition) is 4. The molecule has 1 aromatic carbocycles. The van der Waals surface area contributed by atoms with Crippen LogP contribution >= 0.6 is 0 Å². The second-order valence-electron chi connectivity index (χ2n) is 5.52. The van der Waals surface area contributed by atoms with Crippen LogP contribution in [-0.2, 0) is 5.92 Å². The summed E-state index contributed by atoms with van der Waals surface area (Å²) in [5, 5.41) is 16.1. The zero-order valence-electron chi connectivity index (χ0n) is 14.4. The van der Waals surface area contributed by atoms with Gasteiger partial charge in [-0.25, -0.2) is 8.78 Å². The number of rotatable bonds is 9. The Kier molecular flexibility index (Phi) is 7.02. The van der Waals surface area contributed by atoms with Crippen molar-refractivity contribution in [2.24, 2.45) is 16.0 Å². The van der Waals surface area contributed by atoms with Crippen molar-refractivity contribution in [3.8, 4) is 0 Å². The first-order valence-electron chi connectivity index (χ1n) is 7.92. The van der Waals surface area contributed by atoms with Gasteiger partial charge in [0.25, 0.3) is 5.92 Å². The maximum Gasteiger partial charge on any atom is 0.298 e. The average molecular weight is 395 g/mol. The van der Waals surface area contributed by atoms with Crippen LogP contribution in [0.2, 0.25) is 0 Å². The van der Waals surface area contributed by atoms with E-state index in [-0.39, 0.29) is 5.56 Å². The molecule has 28 heavy (non-hydrogen) atoms. The first-order chi connectivity index (χ1) is 13.4. The Labute approximate surface area is 157 Å². The van der Waals surface area contributed by atoms with Crippen molar-refractivity contribution in [1.82, 2.24) is 10.3 Å². The van der Waals surface area contributed by atoms with Crippen LogP contribution in [0.4, 0.5) is 23.2 Å². The lowest BCUT2D eigenvalue weighted by molar-refractivity contribution is -0.0377. The number of hydrazone groups is 2. The highest BCUT2D eigenvalue weighted by molar-refractivity contribution is 6.14. The zero-order valence-corrected chi connectivity index (χ0v) is 14.4. The van der Waals surface area contributed by atoms with E-state index in [0.717, 1.165) is 43.2 Å². The largest absolute Gasteiger partial charge is 0.374 e. The highest BCUT2D eigenvalue weighted by atomic mass is 19.3. The molecule has 1 heterocycles. The van der Waals surface area contributed by atoms with E-state index >= 15 is 8.78 Å². The Morgan fingerprint density at radius 2 is 2.04 bits per heavy atom. The van der Waals surface area contributed by atoms with Crippen molar-refractivity contribution in [2.75, 3.05) is 12.0 Å². The van der Waals surface area contributed by atoms with Crippen LogP contribution in [0, 0.1) is 17.0 Å². The molecule has 1 atom stereocenters. The quantitative estimate of drug-likeness (QED) is 0.172. The Hall–Kier alpha value is -3.50. The lowest BCUT2D eigenvalue weighted by Gasteiger charge is -2.27. The molecular formula is C17H17F4N7. The van der Waals surface area contributed by atoms with Crippen LogP contribution in [0.25, 0.3) is 0 Å². The molecule has 0 saturated heterocycles. The van der Waals surface area contributed by atoms with Crippen LogP contribution in [0.3, 0.4) is 0 Å². The molecular weight excluding hydrogens is 378 g/mol. The smallest absolute Gasteiger partial charge is 0.298 e. The molecule has 0 aliphatic heterocycles. The van der Waals surface area contributed by atoms with Gasteiger partial charge in [0.05, 0.1) is 24.0 Å². The van der Waals surface area contributed by atoms with Crippen LogP contribution in [0.15, 0.2) is 46.7 Å². The molecule has 1 aromatic heterocycles. The summed E-state index contributed by atoms with van der Waals surface area (Å²) in [6.45, 7) is -0.429. The topological polar surface area (TPSA) is 112 Å². The van der Waals surface area contributed by atoms with Crippen LogP contribution in [0.1, 0.15) is 17.2 Å². The minimum Gasteiger partial charge on any atom is -0.374 e. The Morgan fingerprint density at radius 1 is 1.25 bits per heavy atom. The molecule has 7 nitrogen and oxygen atoms in total. The van der Waals surface area contributed by atoms with Crippen molar-refractivity contribution >= 4 is 24.5 Å². The SMILES string of the molecule is N=C/C=N\Nc1ccc(C(F)(F)C(CN/C=N\N)c2ccc(F)cc2F)nc1. The van der Waals surface area contributed by atoms with Gasteiger partial charge in [0, 0.05) is 18.8 Å². The van der Waals surface area contributed by atoms with Crippen LogP contribution < -0.4 is 16.6 Å². The monoisotopic (exact) mass is 395 g/mol. The Morgan fingerprint density at radius 3 is 2.64 bits per heavy atom. The number of alkyl halides is 2. The molecule has 0 aliphatic rings. The molecule has 0 aliphatic carbocycles. The van der Waals surface area contributed by atoms with E-state index in [1.165, 1.54) is 6.07 Å². The van der Waals surface area contributed by atoms with Gasteiger partial charge in [-0.3, -0.25) is 10.4 Å². The standard InChI is InChI=1S/C17H17F4N7/c18-11-1-3-13(15(19)7-11)14(9-24-10-26-23)17(20,21)16-4-2-12(8-25-16)28-27-6-5-22/h1-8,10,14,22,28H,9,23H2,(H,24,26)/b22-5?,27-6-. The second kappa shape index (κ2) is 9.44. The highest BCUT2D eigenvalue weighted by Crippen LogP contribution is 2.42. The van der Waals surface area contributed by atoms with E-state index in [1.54, 1.807) is 0 Å². The van der Waals surface area contributed by atoms with E-state index in [4.69, 9.17) is 11.3 Å². The van der Waals surface area contributed by atoms with Gasteiger partial charge in [-0.1, -0.05) is 6.07 Å². The predicted octanol–water partition coefficient (Wildman–Crippen LogP) is 2.77. The molecule has 0 bridgehead atoms. The number of aromatic nitrogens is 1. The van der Waals surface area contributed by atoms with Crippen molar-refractivity contribution in [1.29, 1.82) is 5.41 Å². The summed E-state index contributed by atoms with van der Waals surface area (Å²) in [6.07, 6.45) is 4.20. The van der Waals surface area contributed by atoms with E-state index in [0.29, 0.717) is 11.8 Å². The van der Waals surface area contributed by atoms with E-state index in [2.05, 4.69) is 25.9 Å². The van der Waals surface area contributed by atoms with Crippen LogP contribution in [-0.4, -0.2) is 30.3 Å². The summed E-state index contributed by atoms with van der Waals surface area (Å²) < 4.78 is 57.6. The maximum atomic E-state index is 15.1. The van der Waals surface area contributed by atoms with Gasteiger partial charge in [0.15, 0.2) is 0 Å². The van der Waals surface area contributed by atoms with E-state index < -0.39 is 35.7 Å². The van der Waals surface area contributed by atoms with Crippen molar-refractivity contribution in [3.63, 3.8) is 0 Å². The number of nitrogens with two attached hydrogens (primary N) is 1. The van der Waals surface area contributed by atoms with Crippen molar-refractivity contribution in [2.45, 2.75) is 11.8 Å². The second-order valence-corrected chi connectivity index (χ2v) is 5.52. The third kappa shape index (κ3) is 5.02. The number of nitrogens with one attached hydrogen (secondary N) is 3. The van der Waals surface area contributed by atoms with Gasteiger partial charge in [-0.15, -0.1) is 0 Å². The summed E-state index contributed by atoms with van der Waals surface area (Å²) in [4.78, 5) is 3.72. The number of pyridine rings is 1. The minimum absolute atomic E-state index is 0.315. The van der Waals surface area contributed by atoms with E-state index in [1.807, 2.05) is 0 Å². The first-order valence-corrected chi connectivity index (χ1v) is 7.92. The molecule has 11 heteroatoms. The fraction of sp³-hybridized carbons (Fsp3) is 0.176. The number of anilines is 1. The fourth-order valence-corrected chi connectivity index (χ4v) is 2.43. The number of hydrogen-bond acceptors (Lipinski definition) is 6. The lowest BCUT2D eigenvalue weighted by Crippen LogP contribution is -2.34. The van der Waals surface area contributed by atoms with Gasteiger partial charge in [-0.2, -0.15) is 19.0 Å². The highest BCUT2D eigenvalue weighted by Gasteiger charge is 2.44. The van der Waals surface area contributed by atoms with Gasteiger partial charge in [0.1, 0.15) is 23.7 Å². The molecule has 0 saturated carbocycles. The third-order valence-corrected chi connectivity index (χ3v) is 3.71. The van der Waals surface area contributed by atoms with Crippen LogP contribution in [0.5, 0.6) is 0 Å². The molecule has 2 rings (SSSR count). The van der Waals surface area contributed by atoms with Gasteiger partial charge >= 0.3 is 0 Å². The number of halogens is 4. The summed E-state index contributed by atoms with van der Waals surface area (Å²) in [7, 11) is 0. The molecule has 148 valence electrons. The molecule has 1 unspecified atom stereocenters. The van der Waals surface area contributed by atoms with Gasteiger partial charge < -0.3 is 16.6 Å². The Bertz CT molecular complexity index is 853. The van der Waals surface area contributed by atoms with Crippen molar-refractivity contribution < 1.29 is 17.6 Å². The van der Waals surface area contributed by atoms with E-state index in [9.17, 15) is 8.78 Å². The zero-order chi connectivity index (χ0) is 20.6. The van der Waals surface area contributed by atoms with Gasteiger partial charge in [0.2, 0.25) is 0 Å².